The van der Waals surface area contributed by atoms with Crippen molar-refractivity contribution in [2.45, 2.75) is 26.7 Å². The topological polar surface area (TPSA) is 68.4 Å². The van der Waals surface area contributed by atoms with Crippen molar-refractivity contribution in [2.75, 3.05) is 26.2 Å². The van der Waals surface area contributed by atoms with E-state index in [2.05, 4.69) is 39.1 Å². The van der Waals surface area contributed by atoms with Gasteiger partial charge in [0.1, 0.15) is 17.0 Å². The lowest BCUT2D eigenvalue weighted by molar-refractivity contribution is 0.259. The zero-order valence-electron chi connectivity index (χ0n) is 17.5. The van der Waals surface area contributed by atoms with Crippen molar-refractivity contribution in [3.05, 3.63) is 48.4 Å². The van der Waals surface area contributed by atoms with Gasteiger partial charge >= 0.3 is 0 Å². The van der Waals surface area contributed by atoms with Crippen LogP contribution in [-0.2, 0) is 0 Å². The smallest absolute Gasteiger partial charge is 0.204 e. The third-order valence-corrected chi connectivity index (χ3v) is 5.79. The molecule has 1 fully saturated rings. The summed E-state index contributed by atoms with van der Waals surface area (Å²) in [7, 11) is 0. The molecule has 30 heavy (non-hydrogen) atoms. The predicted octanol–water partition coefficient (Wildman–Crippen LogP) is 3.76. The van der Waals surface area contributed by atoms with Crippen LogP contribution in [0.5, 0.6) is 5.75 Å². The fraction of sp³-hybridized carbons (Fsp3) is 0.391. The number of aromatic nitrogens is 5. The highest BCUT2D eigenvalue weighted by molar-refractivity contribution is 5.98. The first-order valence-corrected chi connectivity index (χ1v) is 10.6. The molecule has 154 valence electrons. The summed E-state index contributed by atoms with van der Waals surface area (Å²) in [4.78, 5) is 7.05. The Hall–Kier alpha value is -3.06. The van der Waals surface area contributed by atoms with Gasteiger partial charge in [-0.2, -0.15) is 9.61 Å². The van der Waals surface area contributed by atoms with Gasteiger partial charge in [0, 0.05) is 30.2 Å². The first-order chi connectivity index (χ1) is 14.7. The van der Waals surface area contributed by atoms with Crippen molar-refractivity contribution in [3.63, 3.8) is 0 Å². The number of nitrogens with zero attached hydrogens (tertiary/aromatic N) is 6. The van der Waals surface area contributed by atoms with Crippen LogP contribution in [0.3, 0.4) is 0 Å². The lowest BCUT2D eigenvalue weighted by atomic mass is 10.1. The third kappa shape index (κ3) is 3.61. The highest BCUT2D eigenvalue weighted by atomic mass is 16.5. The molecule has 0 bridgehead atoms. The molecule has 7 heteroatoms. The number of benzene rings is 1. The second-order valence-electron chi connectivity index (χ2n) is 8.15. The molecular weight excluding hydrogens is 376 g/mol. The molecule has 7 nitrogen and oxygen atoms in total. The molecule has 0 amide bonds. The number of aryl methyl sites for hydroxylation is 1. The van der Waals surface area contributed by atoms with Crippen LogP contribution >= 0.6 is 0 Å². The molecule has 0 saturated carbocycles. The van der Waals surface area contributed by atoms with Gasteiger partial charge in [-0.25, -0.2) is 0 Å². The molecule has 1 atom stereocenters. The molecule has 1 saturated heterocycles. The molecule has 1 aliphatic rings. The van der Waals surface area contributed by atoms with Gasteiger partial charge in [-0.05, 0) is 68.6 Å². The Morgan fingerprint density at radius 3 is 2.80 bits per heavy atom. The number of hydrogen-bond acceptors (Lipinski definition) is 6. The van der Waals surface area contributed by atoms with Gasteiger partial charge in [0.15, 0.2) is 5.82 Å². The molecule has 5 rings (SSSR count). The van der Waals surface area contributed by atoms with Crippen LogP contribution in [0.15, 0.2) is 42.6 Å². The van der Waals surface area contributed by atoms with Gasteiger partial charge in [-0.1, -0.05) is 6.92 Å². The highest BCUT2D eigenvalue weighted by Crippen LogP contribution is 2.29. The molecule has 0 radical (unpaired) electrons. The summed E-state index contributed by atoms with van der Waals surface area (Å²) in [5, 5.41) is 14.1. The molecule has 3 aromatic heterocycles. The molecule has 1 aromatic carbocycles. The van der Waals surface area contributed by atoms with Gasteiger partial charge in [-0.3, -0.25) is 4.98 Å². The lowest BCUT2D eigenvalue weighted by Crippen LogP contribution is -2.22. The second kappa shape index (κ2) is 7.99. The maximum absolute atomic E-state index is 5.96. The van der Waals surface area contributed by atoms with Crippen LogP contribution in [0, 0.1) is 12.8 Å². The van der Waals surface area contributed by atoms with Crippen LogP contribution in [0.25, 0.3) is 27.8 Å². The Balaban J connectivity index is 1.32. The van der Waals surface area contributed by atoms with E-state index in [0.29, 0.717) is 5.65 Å². The average molecular weight is 403 g/mol. The van der Waals surface area contributed by atoms with E-state index in [9.17, 15) is 0 Å². The molecule has 0 aliphatic carbocycles. The summed E-state index contributed by atoms with van der Waals surface area (Å²) in [6.45, 7) is 8.52. The van der Waals surface area contributed by atoms with Gasteiger partial charge in [0.2, 0.25) is 5.65 Å². The Bertz CT molecular complexity index is 1170. The van der Waals surface area contributed by atoms with Gasteiger partial charge in [0.25, 0.3) is 0 Å². The maximum Gasteiger partial charge on any atom is 0.204 e. The SMILES string of the molecule is Cc1nnc2c3ncccc3c(-c3ccc(OCCCN4CCC(C)C4)cc3)nn12. The fourth-order valence-corrected chi connectivity index (χ4v) is 4.18. The quantitative estimate of drug-likeness (QED) is 0.458. The summed E-state index contributed by atoms with van der Waals surface area (Å²) >= 11 is 0. The molecular formula is C23H26N6O. The third-order valence-electron chi connectivity index (χ3n) is 5.79. The number of pyridine rings is 1. The standard InChI is InChI=1S/C23H26N6O/c1-16-10-13-28(15-16)12-4-14-30-19-8-6-18(7-9-19)21-20-5-3-11-24-22(20)23-26-25-17(2)29(23)27-21/h3,5-9,11,16H,4,10,12-15H2,1-2H3. The first-order valence-electron chi connectivity index (χ1n) is 10.6. The Kier molecular flexibility index (Phi) is 5.04. The average Bonchev–Trinajstić information content (AvgIpc) is 3.36. The summed E-state index contributed by atoms with van der Waals surface area (Å²) in [6, 6.07) is 12.1. The number of fused-ring (bicyclic) bond motifs is 3. The largest absolute Gasteiger partial charge is 0.494 e. The van der Waals surface area contributed by atoms with E-state index >= 15 is 0 Å². The predicted molar refractivity (Wildman–Crippen MR) is 117 cm³/mol. The van der Waals surface area contributed by atoms with Crippen LogP contribution in [-0.4, -0.2) is 55.9 Å². The molecule has 0 spiro atoms. The van der Waals surface area contributed by atoms with E-state index in [4.69, 9.17) is 9.84 Å². The van der Waals surface area contributed by atoms with E-state index in [1.54, 1.807) is 10.7 Å². The van der Waals surface area contributed by atoms with E-state index < -0.39 is 0 Å². The normalized spacial score (nSPS) is 17.2. The number of rotatable bonds is 6. The van der Waals surface area contributed by atoms with Crippen LogP contribution in [0.4, 0.5) is 0 Å². The first kappa shape index (κ1) is 18.9. The van der Waals surface area contributed by atoms with E-state index in [1.165, 1.54) is 19.5 Å². The minimum absolute atomic E-state index is 0.680. The van der Waals surface area contributed by atoms with Gasteiger partial charge < -0.3 is 9.64 Å². The number of ether oxygens (including phenoxy) is 1. The molecule has 4 aromatic rings. The van der Waals surface area contributed by atoms with Crippen molar-refractivity contribution in [3.8, 4) is 17.0 Å². The minimum atomic E-state index is 0.680. The van der Waals surface area contributed by atoms with Crippen LogP contribution in [0.1, 0.15) is 25.6 Å². The monoisotopic (exact) mass is 402 g/mol. The number of likely N-dealkylation sites (tertiary alicyclic amines) is 1. The van der Waals surface area contributed by atoms with Crippen LogP contribution < -0.4 is 4.74 Å². The molecule has 4 heterocycles. The van der Waals surface area contributed by atoms with Gasteiger partial charge in [0.05, 0.1) is 6.61 Å². The van der Waals surface area contributed by atoms with Crippen molar-refractivity contribution >= 4 is 16.6 Å². The Morgan fingerprint density at radius 2 is 2.00 bits per heavy atom. The van der Waals surface area contributed by atoms with Crippen molar-refractivity contribution in [2.24, 2.45) is 5.92 Å². The Labute approximate surface area is 175 Å². The second-order valence-corrected chi connectivity index (χ2v) is 8.15. The van der Waals surface area contributed by atoms with Crippen LogP contribution in [0.2, 0.25) is 0 Å². The van der Waals surface area contributed by atoms with Gasteiger partial charge in [-0.15, -0.1) is 10.2 Å². The minimum Gasteiger partial charge on any atom is -0.494 e. The molecule has 1 aliphatic heterocycles. The summed E-state index contributed by atoms with van der Waals surface area (Å²) < 4.78 is 7.72. The summed E-state index contributed by atoms with van der Waals surface area (Å²) in [5.74, 6) is 2.46. The summed E-state index contributed by atoms with van der Waals surface area (Å²) in [5.41, 5.74) is 3.36. The van der Waals surface area contributed by atoms with E-state index in [-0.39, 0.29) is 0 Å². The zero-order chi connectivity index (χ0) is 20.5. The molecule has 0 N–H and O–H groups in total. The fourth-order valence-electron chi connectivity index (χ4n) is 4.18. The van der Waals surface area contributed by atoms with Crippen molar-refractivity contribution in [1.82, 2.24) is 29.7 Å². The molecule has 1 unspecified atom stereocenters. The summed E-state index contributed by atoms with van der Waals surface area (Å²) in [6.07, 6.45) is 4.15. The highest BCUT2D eigenvalue weighted by Gasteiger charge is 2.18. The van der Waals surface area contributed by atoms with E-state index in [1.807, 2.05) is 31.2 Å². The zero-order valence-corrected chi connectivity index (χ0v) is 17.5. The lowest BCUT2D eigenvalue weighted by Gasteiger charge is -2.15. The van der Waals surface area contributed by atoms with Crippen molar-refractivity contribution in [1.29, 1.82) is 0 Å². The van der Waals surface area contributed by atoms with E-state index in [0.717, 1.165) is 59.2 Å². The number of hydrogen-bond donors (Lipinski definition) is 0. The maximum atomic E-state index is 5.96. The Morgan fingerprint density at radius 1 is 1.13 bits per heavy atom. The van der Waals surface area contributed by atoms with Crippen molar-refractivity contribution < 1.29 is 4.74 Å².